The monoisotopic (exact) mass is 228 g/mol. The molecule has 0 amide bonds. The zero-order valence-corrected chi connectivity index (χ0v) is 12.4. The van der Waals surface area contributed by atoms with Crippen LogP contribution in [0.2, 0.25) is 0 Å². The second-order valence-corrected chi connectivity index (χ2v) is 6.15. The van der Waals surface area contributed by atoms with Crippen LogP contribution in [0.1, 0.15) is 54.4 Å². The van der Waals surface area contributed by atoms with E-state index in [-0.39, 0.29) is 5.54 Å². The van der Waals surface area contributed by atoms with E-state index in [4.69, 9.17) is 0 Å². The van der Waals surface area contributed by atoms with Gasteiger partial charge in [-0.1, -0.05) is 27.2 Å². The summed E-state index contributed by atoms with van der Waals surface area (Å²) in [7, 11) is 2.25. The first-order valence-electron chi connectivity index (χ1n) is 6.75. The molecule has 2 nitrogen and oxygen atoms in total. The molecule has 0 aliphatic carbocycles. The van der Waals surface area contributed by atoms with Crippen molar-refractivity contribution in [2.45, 2.75) is 66.0 Å². The highest BCUT2D eigenvalue weighted by Crippen LogP contribution is 2.09. The van der Waals surface area contributed by atoms with Gasteiger partial charge < -0.3 is 10.2 Å². The molecule has 0 radical (unpaired) electrons. The van der Waals surface area contributed by atoms with Crippen molar-refractivity contribution in [1.82, 2.24) is 10.2 Å². The Balaban J connectivity index is 4.06. The SMILES string of the molecule is CCC(C)CN(C)C(CC)CNC(C)(C)C. The predicted molar refractivity (Wildman–Crippen MR) is 73.9 cm³/mol. The van der Waals surface area contributed by atoms with E-state index >= 15 is 0 Å². The van der Waals surface area contributed by atoms with Crippen molar-refractivity contribution in [3.05, 3.63) is 0 Å². The van der Waals surface area contributed by atoms with Gasteiger partial charge in [-0.15, -0.1) is 0 Å². The summed E-state index contributed by atoms with van der Waals surface area (Å²) in [4.78, 5) is 2.51. The van der Waals surface area contributed by atoms with Crippen LogP contribution in [0.5, 0.6) is 0 Å². The molecule has 0 fully saturated rings. The quantitative estimate of drug-likeness (QED) is 0.720. The van der Waals surface area contributed by atoms with Crippen LogP contribution in [0.15, 0.2) is 0 Å². The fraction of sp³-hybridized carbons (Fsp3) is 1.00. The Kier molecular flexibility index (Phi) is 7.25. The molecule has 0 aromatic heterocycles. The van der Waals surface area contributed by atoms with Gasteiger partial charge in [-0.3, -0.25) is 0 Å². The van der Waals surface area contributed by atoms with Gasteiger partial charge >= 0.3 is 0 Å². The summed E-state index contributed by atoms with van der Waals surface area (Å²) in [6.07, 6.45) is 2.49. The zero-order valence-electron chi connectivity index (χ0n) is 12.4. The summed E-state index contributed by atoms with van der Waals surface area (Å²) >= 11 is 0. The van der Waals surface area contributed by atoms with Gasteiger partial charge in [0.15, 0.2) is 0 Å². The molecular weight excluding hydrogens is 196 g/mol. The molecule has 2 heteroatoms. The third-order valence-corrected chi connectivity index (χ3v) is 3.26. The van der Waals surface area contributed by atoms with E-state index in [1.54, 1.807) is 0 Å². The van der Waals surface area contributed by atoms with Crippen LogP contribution >= 0.6 is 0 Å². The molecule has 0 aliphatic heterocycles. The second-order valence-electron chi connectivity index (χ2n) is 6.15. The Hall–Kier alpha value is -0.0800. The number of likely N-dealkylation sites (N-methyl/N-ethyl adjacent to an activating group) is 1. The molecule has 0 heterocycles. The molecule has 0 rings (SSSR count). The van der Waals surface area contributed by atoms with Crippen LogP contribution in [0.4, 0.5) is 0 Å². The molecule has 0 bridgehead atoms. The second kappa shape index (κ2) is 7.29. The van der Waals surface area contributed by atoms with E-state index < -0.39 is 0 Å². The van der Waals surface area contributed by atoms with Crippen molar-refractivity contribution >= 4 is 0 Å². The van der Waals surface area contributed by atoms with E-state index in [0.29, 0.717) is 6.04 Å². The summed E-state index contributed by atoms with van der Waals surface area (Å²) in [5.74, 6) is 0.800. The molecule has 1 N–H and O–H groups in total. The number of hydrogen-bond acceptors (Lipinski definition) is 2. The minimum Gasteiger partial charge on any atom is -0.311 e. The molecule has 0 spiro atoms. The van der Waals surface area contributed by atoms with Gasteiger partial charge in [0.25, 0.3) is 0 Å². The minimum atomic E-state index is 0.227. The maximum Gasteiger partial charge on any atom is 0.0215 e. The van der Waals surface area contributed by atoms with Crippen LogP contribution in [-0.4, -0.2) is 36.6 Å². The van der Waals surface area contributed by atoms with E-state index in [1.165, 1.54) is 19.4 Å². The predicted octanol–water partition coefficient (Wildman–Crippen LogP) is 3.13. The first-order valence-corrected chi connectivity index (χ1v) is 6.75. The first-order chi connectivity index (χ1) is 7.30. The molecule has 0 aromatic rings. The van der Waals surface area contributed by atoms with Gasteiger partial charge in [-0.25, -0.2) is 0 Å². The molecule has 2 atom stereocenters. The van der Waals surface area contributed by atoms with E-state index in [1.807, 2.05) is 0 Å². The third kappa shape index (κ3) is 7.24. The largest absolute Gasteiger partial charge is 0.311 e. The van der Waals surface area contributed by atoms with Crippen LogP contribution < -0.4 is 5.32 Å². The number of rotatable bonds is 7. The summed E-state index contributed by atoms with van der Waals surface area (Å²) < 4.78 is 0. The van der Waals surface area contributed by atoms with Crippen molar-refractivity contribution in [1.29, 1.82) is 0 Å². The molecule has 0 saturated heterocycles. The summed E-state index contributed by atoms with van der Waals surface area (Å²) in [5.41, 5.74) is 0.227. The Morgan fingerprint density at radius 1 is 1.12 bits per heavy atom. The molecule has 16 heavy (non-hydrogen) atoms. The number of nitrogens with one attached hydrogen (secondary N) is 1. The lowest BCUT2D eigenvalue weighted by atomic mass is 10.1. The Labute approximate surface area is 103 Å². The van der Waals surface area contributed by atoms with Gasteiger partial charge in [-0.2, -0.15) is 0 Å². The third-order valence-electron chi connectivity index (χ3n) is 3.26. The van der Waals surface area contributed by atoms with Crippen molar-refractivity contribution in [2.75, 3.05) is 20.1 Å². The van der Waals surface area contributed by atoms with Crippen molar-refractivity contribution in [2.24, 2.45) is 5.92 Å². The molecule has 98 valence electrons. The highest BCUT2D eigenvalue weighted by atomic mass is 15.2. The van der Waals surface area contributed by atoms with Crippen LogP contribution in [0, 0.1) is 5.92 Å². The first kappa shape index (κ1) is 15.9. The highest BCUT2D eigenvalue weighted by Gasteiger charge is 2.17. The summed E-state index contributed by atoms with van der Waals surface area (Å²) in [6.45, 7) is 15.9. The van der Waals surface area contributed by atoms with Gasteiger partial charge in [0, 0.05) is 24.7 Å². The fourth-order valence-electron chi connectivity index (χ4n) is 1.81. The number of hydrogen-bond donors (Lipinski definition) is 1. The van der Waals surface area contributed by atoms with E-state index in [2.05, 4.69) is 58.8 Å². The van der Waals surface area contributed by atoms with Crippen LogP contribution in [0.25, 0.3) is 0 Å². The standard InChI is InChI=1S/C14H32N2/c1-8-12(3)11-16(7)13(9-2)10-15-14(4,5)6/h12-13,15H,8-11H2,1-7H3. The average molecular weight is 228 g/mol. The van der Waals surface area contributed by atoms with Crippen molar-refractivity contribution < 1.29 is 0 Å². The maximum atomic E-state index is 3.60. The molecule has 0 saturated carbocycles. The normalized spacial score (nSPS) is 16.5. The Morgan fingerprint density at radius 3 is 2.06 bits per heavy atom. The molecule has 0 aliphatic rings. The summed E-state index contributed by atoms with van der Waals surface area (Å²) in [6, 6.07) is 0.660. The lowest BCUT2D eigenvalue weighted by Gasteiger charge is -2.32. The maximum absolute atomic E-state index is 3.60. The minimum absolute atomic E-state index is 0.227. The van der Waals surface area contributed by atoms with Crippen molar-refractivity contribution in [3.63, 3.8) is 0 Å². The van der Waals surface area contributed by atoms with Crippen molar-refractivity contribution in [3.8, 4) is 0 Å². The molecular formula is C14H32N2. The van der Waals surface area contributed by atoms with E-state index in [0.717, 1.165) is 12.5 Å². The lowest BCUT2D eigenvalue weighted by Crippen LogP contribution is -2.47. The molecule has 2 unspecified atom stereocenters. The Bertz CT molecular complexity index is 172. The highest BCUT2D eigenvalue weighted by molar-refractivity contribution is 4.77. The number of nitrogens with zero attached hydrogens (tertiary/aromatic N) is 1. The van der Waals surface area contributed by atoms with Crippen LogP contribution in [-0.2, 0) is 0 Å². The smallest absolute Gasteiger partial charge is 0.0215 e. The van der Waals surface area contributed by atoms with Gasteiger partial charge in [0.05, 0.1) is 0 Å². The van der Waals surface area contributed by atoms with Gasteiger partial charge in [-0.05, 0) is 40.2 Å². The van der Waals surface area contributed by atoms with Gasteiger partial charge in [0.1, 0.15) is 0 Å². The average Bonchev–Trinajstić information content (AvgIpc) is 2.16. The van der Waals surface area contributed by atoms with E-state index in [9.17, 15) is 0 Å². The molecule has 0 aromatic carbocycles. The van der Waals surface area contributed by atoms with Crippen LogP contribution in [0.3, 0.4) is 0 Å². The fourth-order valence-corrected chi connectivity index (χ4v) is 1.81. The zero-order chi connectivity index (χ0) is 12.8. The van der Waals surface area contributed by atoms with Gasteiger partial charge in [0.2, 0.25) is 0 Å². The topological polar surface area (TPSA) is 15.3 Å². The Morgan fingerprint density at radius 2 is 1.69 bits per heavy atom. The lowest BCUT2D eigenvalue weighted by molar-refractivity contribution is 0.190. The summed E-state index contributed by atoms with van der Waals surface area (Å²) in [5, 5.41) is 3.60.